The van der Waals surface area contributed by atoms with Gasteiger partial charge in [0.15, 0.2) is 0 Å². The van der Waals surface area contributed by atoms with E-state index >= 15 is 0 Å². The highest BCUT2D eigenvalue weighted by Gasteiger charge is 2.31. The van der Waals surface area contributed by atoms with Crippen molar-refractivity contribution in [1.82, 2.24) is 15.1 Å². The molecule has 2 saturated heterocycles. The van der Waals surface area contributed by atoms with Crippen LogP contribution in [0.5, 0.6) is 0 Å². The minimum Gasteiger partial charge on any atom is -0.378 e. The number of amides is 3. The maximum absolute atomic E-state index is 12.5. The van der Waals surface area contributed by atoms with Crippen LogP contribution in [0.15, 0.2) is 12.2 Å². The van der Waals surface area contributed by atoms with Gasteiger partial charge in [0.1, 0.15) is 0 Å². The molecule has 1 aliphatic carbocycles. The van der Waals surface area contributed by atoms with Crippen LogP contribution < -0.4 is 5.32 Å². The first-order chi connectivity index (χ1) is 11.2. The van der Waals surface area contributed by atoms with Crippen LogP contribution in [-0.2, 0) is 9.53 Å². The number of nitrogens with one attached hydrogen (secondary N) is 1. The Balaban J connectivity index is 1.43. The average Bonchev–Trinajstić information content (AvgIpc) is 2.63. The Morgan fingerprint density at radius 2 is 1.70 bits per heavy atom. The summed E-state index contributed by atoms with van der Waals surface area (Å²) in [4.78, 5) is 28.6. The van der Waals surface area contributed by atoms with Crippen molar-refractivity contribution in [2.75, 3.05) is 39.4 Å². The van der Waals surface area contributed by atoms with E-state index in [1.54, 1.807) is 0 Å². The Labute approximate surface area is 137 Å². The van der Waals surface area contributed by atoms with Gasteiger partial charge in [0.2, 0.25) is 5.91 Å². The summed E-state index contributed by atoms with van der Waals surface area (Å²) < 4.78 is 5.30. The number of nitrogens with zero attached hydrogens (tertiary/aromatic N) is 2. The standard InChI is InChI=1S/C17H27N3O3/c21-16(19-10-12-23-13-11-19)14-6-8-20(9-7-14)17(22)18-15-4-2-1-3-5-15/h1-2,14-15H,3-13H2,(H,18,22)/t15-/m1/s1. The second-order valence-corrected chi connectivity index (χ2v) is 6.63. The van der Waals surface area contributed by atoms with E-state index in [0.717, 1.165) is 32.1 Å². The van der Waals surface area contributed by atoms with Crippen LogP contribution in [0.25, 0.3) is 0 Å². The zero-order valence-electron chi connectivity index (χ0n) is 13.7. The van der Waals surface area contributed by atoms with Gasteiger partial charge in [0.25, 0.3) is 0 Å². The number of ether oxygens (including phenoxy) is 1. The third-order valence-corrected chi connectivity index (χ3v) is 5.05. The predicted octanol–water partition coefficient (Wildman–Crippen LogP) is 1.38. The second kappa shape index (κ2) is 7.81. The Morgan fingerprint density at radius 1 is 0.957 bits per heavy atom. The Morgan fingerprint density at radius 3 is 2.35 bits per heavy atom. The first kappa shape index (κ1) is 16.3. The van der Waals surface area contributed by atoms with Crippen molar-refractivity contribution in [3.63, 3.8) is 0 Å². The molecule has 0 spiro atoms. The molecule has 2 aliphatic heterocycles. The summed E-state index contributed by atoms with van der Waals surface area (Å²) in [5.41, 5.74) is 0. The average molecular weight is 321 g/mol. The maximum atomic E-state index is 12.5. The molecule has 1 atom stereocenters. The lowest BCUT2D eigenvalue weighted by Crippen LogP contribution is -2.51. The van der Waals surface area contributed by atoms with Gasteiger partial charge in [-0.2, -0.15) is 0 Å². The van der Waals surface area contributed by atoms with Gasteiger partial charge >= 0.3 is 6.03 Å². The highest BCUT2D eigenvalue weighted by molar-refractivity contribution is 5.80. The molecule has 128 valence electrons. The highest BCUT2D eigenvalue weighted by Crippen LogP contribution is 2.21. The van der Waals surface area contributed by atoms with Gasteiger partial charge in [0.05, 0.1) is 13.2 Å². The summed E-state index contributed by atoms with van der Waals surface area (Å²) >= 11 is 0. The van der Waals surface area contributed by atoms with Crippen LogP contribution >= 0.6 is 0 Å². The van der Waals surface area contributed by atoms with Crippen molar-refractivity contribution in [2.24, 2.45) is 5.92 Å². The summed E-state index contributed by atoms with van der Waals surface area (Å²) in [5, 5.41) is 3.12. The number of urea groups is 1. The van der Waals surface area contributed by atoms with Crippen LogP contribution in [0.4, 0.5) is 4.79 Å². The summed E-state index contributed by atoms with van der Waals surface area (Å²) in [5.74, 6) is 0.306. The molecule has 0 saturated carbocycles. The third kappa shape index (κ3) is 4.25. The van der Waals surface area contributed by atoms with Gasteiger partial charge in [-0.3, -0.25) is 4.79 Å². The molecule has 0 aromatic heterocycles. The van der Waals surface area contributed by atoms with E-state index in [0.29, 0.717) is 39.4 Å². The van der Waals surface area contributed by atoms with Crippen LogP contribution in [0.3, 0.4) is 0 Å². The monoisotopic (exact) mass is 321 g/mol. The van der Waals surface area contributed by atoms with Gasteiger partial charge in [-0.05, 0) is 32.1 Å². The van der Waals surface area contributed by atoms with Crippen molar-refractivity contribution in [3.05, 3.63) is 12.2 Å². The second-order valence-electron chi connectivity index (χ2n) is 6.63. The fourth-order valence-electron chi connectivity index (χ4n) is 3.56. The molecule has 23 heavy (non-hydrogen) atoms. The summed E-state index contributed by atoms with van der Waals surface area (Å²) in [7, 11) is 0. The van der Waals surface area contributed by atoms with E-state index in [-0.39, 0.29) is 23.9 Å². The molecule has 2 fully saturated rings. The molecule has 0 bridgehead atoms. The van der Waals surface area contributed by atoms with Crippen molar-refractivity contribution in [1.29, 1.82) is 0 Å². The molecule has 0 aromatic rings. The fraction of sp³-hybridized carbons (Fsp3) is 0.765. The number of carbonyl (C=O) groups excluding carboxylic acids is 2. The first-order valence-electron chi connectivity index (χ1n) is 8.81. The molecule has 3 rings (SSSR count). The van der Waals surface area contributed by atoms with E-state index in [4.69, 9.17) is 4.74 Å². The van der Waals surface area contributed by atoms with E-state index in [9.17, 15) is 9.59 Å². The number of hydrogen-bond acceptors (Lipinski definition) is 3. The number of carbonyl (C=O) groups is 2. The van der Waals surface area contributed by atoms with E-state index in [1.807, 2.05) is 9.80 Å². The van der Waals surface area contributed by atoms with Crippen LogP contribution in [0.2, 0.25) is 0 Å². The minimum atomic E-state index is 0.0302. The highest BCUT2D eigenvalue weighted by atomic mass is 16.5. The number of allylic oxidation sites excluding steroid dienone is 1. The quantitative estimate of drug-likeness (QED) is 0.782. The zero-order chi connectivity index (χ0) is 16.1. The van der Waals surface area contributed by atoms with Crippen LogP contribution in [0, 0.1) is 5.92 Å². The van der Waals surface area contributed by atoms with Gasteiger partial charge in [-0.1, -0.05) is 12.2 Å². The van der Waals surface area contributed by atoms with Gasteiger partial charge in [-0.25, -0.2) is 4.79 Å². The molecule has 0 radical (unpaired) electrons. The summed E-state index contributed by atoms with van der Waals surface area (Å²) in [6.07, 6.45) is 8.85. The summed E-state index contributed by atoms with van der Waals surface area (Å²) in [6.45, 7) is 4.04. The maximum Gasteiger partial charge on any atom is 0.317 e. The van der Waals surface area contributed by atoms with E-state index in [2.05, 4.69) is 17.5 Å². The number of morpholine rings is 1. The first-order valence-corrected chi connectivity index (χ1v) is 8.81. The summed E-state index contributed by atoms with van der Waals surface area (Å²) in [6, 6.07) is 0.294. The topological polar surface area (TPSA) is 61.9 Å². The molecule has 0 aromatic carbocycles. The largest absolute Gasteiger partial charge is 0.378 e. The van der Waals surface area contributed by atoms with Crippen LogP contribution in [0.1, 0.15) is 32.1 Å². The Kier molecular flexibility index (Phi) is 5.54. The SMILES string of the molecule is O=C(N[C@@H]1CC=CCC1)N1CCC(C(=O)N2CCOCC2)CC1. The molecule has 3 aliphatic rings. The van der Waals surface area contributed by atoms with Crippen molar-refractivity contribution in [2.45, 2.75) is 38.1 Å². The van der Waals surface area contributed by atoms with Gasteiger partial charge in [-0.15, -0.1) is 0 Å². The lowest BCUT2D eigenvalue weighted by molar-refractivity contribution is -0.141. The van der Waals surface area contributed by atoms with Crippen LogP contribution in [-0.4, -0.2) is 67.2 Å². The fourth-order valence-corrected chi connectivity index (χ4v) is 3.56. The molecule has 1 N–H and O–H groups in total. The van der Waals surface area contributed by atoms with Gasteiger partial charge < -0.3 is 19.9 Å². The van der Waals surface area contributed by atoms with Crippen molar-refractivity contribution in [3.8, 4) is 0 Å². The molecule has 3 amide bonds. The molecule has 6 heteroatoms. The Bertz CT molecular complexity index is 452. The zero-order valence-corrected chi connectivity index (χ0v) is 13.7. The van der Waals surface area contributed by atoms with E-state index < -0.39 is 0 Å². The van der Waals surface area contributed by atoms with Gasteiger partial charge in [0, 0.05) is 38.1 Å². The third-order valence-electron chi connectivity index (χ3n) is 5.05. The number of likely N-dealkylation sites (tertiary alicyclic amines) is 1. The predicted molar refractivity (Wildman–Crippen MR) is 87.0 cm³/mol. The molecule has 6 nitrogen and oxygen atoms in total. The number of piperidine rings is 1. The van der Waals surface area contributed by atoms with Crippen molar-refractivity contribution >= 4 is 11.9 Å². The molecular weight excluding hydrogens is 294 g/mol. The lowest BCUT2D eigenvalue weighted by Gasteiger charge is -2.36. The molecular formula is C17H27N3O3. The smallest absolute Gasteiger partial charge is 0.317 e. The number of rotatable bonds is 2. The Hall–Kier alpha value is -1.56. The van der Waals surface area contributed by atoms with Crippen molar-refractivity contribution < 1.29 is 14.3 Å². The lowest BCUT2D eigenvalue weighted by atomic mass is 9.95. The minimum absolute atomic E-state index is 0.0302. The normalized spacial score (nSPS) is 26.2. The van der Waals surface area contributed by atoms with E-state index in [1.165, 1.54) is 0 Å². The molecule has 2 heterocycles. The molecule has 0 unspecified atom stereocenters. The number of hydrogen-bond donors (Lipinski definition) is 1.